The zero-order valence-corrected chi connectivity index (χ0v) is 19.0. The average molecular weight is 485 g/mol. The van der Waals surface area contributed by atoms with Gasteiger partial charge in [0.2, 0.25) is 0 Å². The molecule has 0 aliphatic carbocycles. The fraction of sp³-hybridized carbons (Fsp3) is 0.292. The van der Waals surface area contributed by atoms with Gasteiger partial charge in [0.15, 0.2) is 0 Å². The minimum absolute atomic E-state index is 0.0305. The van der Waals surface area contributed by atoms with Crippen molar-refractivity contribution >= 4 is 17.6 Å². The molecule has 9 nitrogen and oxygen atoms in total. The lowest BCUT2D eigenvalue weighted by molar-refractivity contribution is -0.266. The van der Waals surface area contributed by atoms with Crippen LogP contribution in [0.15, 0.2) is 48.5 Å². The van der Waals surface area contributed by atoms with E-state index in [1.807, 2.05) is 0 Å². The maximum atomic E-state index is 13.8. The Hall–Kier alpha value is -3.99. The highest BCUT2D eigenvalue weighted by Gasteiger charge is 2.40. The number of methoxy groups -OCH3 is 1. The quantitative estimate of drug-likeness (QED) is 0.471. The SMILES string of the molecule is COc1ccccc1C(=O)NCc1ccc(-c2nn(C3CCOC(F)(F)C3)c(N)c2C(N)=O)cc1. The lowest BCUT2D eigenvalue weighted by Gasteiger charge is -2.29. The summed E-state index contributed by atoms with van der Waals surface area (Å²) in [6.45, 7) is 0.0844. The molecule has 0 radical (unpaired) electrons. The zero-order valence-electron chi connectivity index (χ0n) is 19.0. The third kappa shape index (κ3) is 5.09. The maximum Gasteiger partial charge on any atom is 0.357 e. The molecule has 1 aliphatic heterocycles. The summed E-state index contributed by atoms with van der Waals surface area (Å²) in [6.07, 6.45) is -3.64. The van der Waals surface area contributed by atoms with E-state index < -0.39 is 24.5 Å². The highest BCUT2D eigenvalue weighted by molar-refractivity contribution is 6.03. The number of hydrogen-bond acceptors (Lipinski definition) is 6. The highest BCUT2D eigenvalue weighted by atomic mass is 19.3. The number of nitrogens with two attached hydrogens (primary N) is 2. The average Bonchev–Trinajstić information content (AvgIpc) is 3.19. The van der Waals surface area contributed by atoms with Crippen LogP contribution in [-0.4, -0.2) is 41.4 Å². The first-order valence-corrected chi connectivity index (χ1v) is 10.9. The first-order chi connectivity index (χ1) is 16.7. The van der Waals surface area contributed by atoms with E-state index in [0.29, 0.717) is 16.9 Å². The van der Waals surface area contributed by atoms with E-state index in [2.05, 4.69) is 15.2 Å². The number of nitrogens with zero attached hydrogens (tertiary/aromatic N) is 2. The lowest BCUT2D eigenvalue weighted by atomic mass is 10.0. The van der Waals surface area contributed by atoms with E-state index in [1.165, 1.54) is 11.8 Å². The number of amides is 2. The van der Waals surface area contributed by atoms with Crippen molar-refractivity contribution in [2.75, 3.05) is 19.5 Å². The molecule has 35 heavy (non-hydrogen) atoms. The fourth-order valence-corrected chi connectivity index (χ4v) is 4.05. The van der Waals surface area contributed by atoms with Crippen LogP contribution in [0.1, 0.15) is 45.2 Å². The molecule has 5 N–H and O–H groups in total. The molecule has 1 atom stereocenters. The molecule has 2 heterocycles. The van der Waals surface area contributed by atoms with E-state index in [4.69, 9.17) is 16.2 Å². The van der Waals surface area contributed by atoms with Crippen LogP contribution in [0.25, 0.3) is 11.3 Å². The van der Waals surface area contributed by atoms with Crippen LogP contribution in [0.5, 0.6) is 5.75 Å². The molecule has 1 saturated heterocycles. The molecule has 1 aliphatic rings. The highest BCUT2D eigenvalue weighted by Crippen LogP contribution is 2.38. The van der Waals surface area contributed by atoms with E-state index in [1.54, 1.807) is 48.5 Å². The summed E-state index contributed by atoms with van der Waals surface area (Å²) in [5.74, 6) is -0.698. The van der Waals surface area contributed by atoms with Crippen LogP contribution >= 0.6 is 0 Å². The number of rotatable bonds is 7. The first-order valence-electron chi connectivity index (χ1n) is 10.9. The molecular weight excluding hydrogens is 460 g/mol. The van der Waals surface area contributed by atoms with Crippen molar-refractivity contribution in [2.24, 2.45) is 5.73 Å². The predicted octanol–water partition coefficient (Wildman–Crippen LogP) is 3.11. The number of hydrogen-bond donors (Lipinski definition) is 3. The molecule has 2 amide bonds. The van der Waals surface area contributed by atoms with Crippen LogP contribution < -0.4 is 21.5 Å². The van der Waals surface area contributed by atoms with Gasteiger partial charge in [0.1, 0.15) is 22.8 Å². The summed E-state index contributed by atoms with van der Waals surface area (Å²) in [5.41, 5.74) is 13.5. The largest absolute Gasteiger partial charge is 0.496 e. The molecular formula is C24H25F2N5O4. The van der Waals surface area contributed by atoms with Crippen molar-refractivity contribution in [3.63, 3.8) is 0 Å². The molecule has 1 aromatic heterocycles. The lowest BCUT2D eigenvalue weighted by Crippen LogP contribution is -2.33. The minimum Gasteiger partial charge on any atom is -0.496 e. The minimum atomic E-state index is -3.30. The van der Waals surface area contributed by atoms with E-state index in [9.17, 15) is 18.4 Å². The molecule has 11 heteroatoms. The second-order valence-electron chi connectivity index (χ2n) is 8.13. The van der Waals surface area contributed by atoms with E-state index in [0.717, 1.165) is 5.56 Å². The van der Waals surface area contributed by atoms with Gasteiger partial charge in [-0.15, -0.1) is 0 Å². The van der Waals surface area contributed by atoms with Crippen LogP contribution in [-0.2, 0) is 11.3 Å². The van der Waals surface area contributed by atoms with Crippen molar-refractivity contribution in [1.82, 2.24) is 15.1 Å². The standard InChI is InChI=1S/C24H25F2N5O4/c1-34-18-5-3-2-4-17(18)23(33)29-13-14-6-8-15(9-7-14)20-19(22(28)32)21(27)31(30-20)16-10-11-35-24(25,26)12-16/h2-9,16H,10-13,27H2,1H3,(H2,28,32)(H,29,33). The molecule has 1 unspecified atom stereocenters. The van der Waals surface area contributed by atoms with Crippen molar-refractivity contribution < 1.29 is 27.8 Å². The molecule has 4 rings (SSSR count). The summed E-state index contributed by atoms with van der Waals surface area (Å²) in [4.78, 5) is 24.6. The van der Waals surface area contributed by atoms with E-state index >= 15 is 0 Å². The number of halogens is 2. The van der Waals surface area contributed by atoms with Gasteiger partial charge in [0, 0.05) is 12.1 Å². The maximum absolute atomic E-state index is 13.8. The van der Waals surface area contributed by atoms with Crippen molar-refractivity contribution in [1.29, 1.82) is 0 Å². The van der Waals surface area contributed by atoms with E-state index in [-0.39, 0.29) is 42.6 Å². The summed E-state index contributed by atoms with van der Waals surface area (Å²) < 4.78 is 38.4. The van der Waals surface area contributed by atoms with Gasteiger partial charge in [-0.2, -0.15) is 13.9 Å². The van der Waals surface area contributed by atoms with Crippen LogP contribution in [0.2, 0.25) is 0 Å². The first kappa shape index (κ1) is 24.1. The second kappa shape index (κ2) is 9.71. The Bertz CT molecular complexity index is 1240. The number of benzene rings is 2. The van der Waals surface area contributed by atoms with Crippen LogP contribution in [0.4, 0.5) is 14.6 Å². The third-order valence-corrected chi connectivity index (χ3v) is 5.81. The number of alkyl halides is 2. The van der Waals surface area contributed by atoms with Crippen LogP contribution in [0, 0.1) is 0 Å². The number of para-hydroxylation sites is 1. The van der Waals surface area contributed by atoms with Crippen molar-refractivity contribution in [3.05, 3.63) is 65.2 Å². The predicted molar refractivity (Wildman–Crippen MR) is 124 cm³/mol. The molecule has 0 spiro atoms. The number of anilines is 1. The summed E-state index contributed by atoms with van der Waals surface area (Å²) >= 11 is 0. The number of aromatic nitrogens is 2. The number of nitrogens with one attached hydrogen (secondary N) is 1. The normalized spacial score (nSPS) is 17.1. The smallest absolute Gasteiger partial charge is 0.357 e. The van der Waals surface area contributed by atoms with Gasteiger partial charge in [0.05, 0.1) is 31.7 Å². The van der Waals surface area contributed by atoms with Crippen molar-refractivity contribution in [3.8, 4) is 17.0 Å². The molecule has 0 saturated carbocycles. The number of carbonyl (C=O) groups is 2. The number of primary amides is 1. The number of ether oxygens (including phenoxy) is 2. The summed E-state index contributed by atoms with van der Waals surface area (Å²) in [5, 5.41) is 7.20. The van der Waals surface area contributed by atoms with Crippen LogP contribution in [0.3, 0.4) is 0 Å². The summed E-state index contributed by atoms with van der Waals surface area (Å²) in [6, 6.07) is 13.0. The van der Waals surface area contributed by atoms with Gasteiger partial charge >= 0.3 is 6.11 Å². The van der Waals surface area contributed by atoms with Gasteiger partial charge in [-0.05, 0) is 24.1 Å². The van der Waals surface area contributed by atoms with Gasteiger partial charge < -0.3 is 26.3 Å². The Morgan fingerprint density at radius 2 is 1.94 bits per heavy atom. The Morgan fingerprint density at radius 3 is 2.60 bits per heavy atom. The number of nitrogen functional groups attached to an aromatic ring is 1. The molecule has 184 valence electrons. The Balaban J connectivity index is 1.54. The molecule has 1 fully saturated rings. The van der Waals surface area contributed by atoms with Gasteiger partial charge in [-0.25, -0.2) is 4.68 Å². The topological polar surface area (TPSA) is 134 Å². The molecule has 3 aromatic rings. The second-order valence-corrected chi connectivity index (χ2v) is 8.13. The molecule has 2 aromatic carbocycles. The van der Waals surface area contributed by atoms with Crippen molar-refractivity contribution in [2.45, 2.75) is 31.5 Å². The zero-order chi connectivity index (χ0) is 25.2. The van der Waals surface area contributed by atoms with Gasteiger partial charge in [-0.1, -0.05) is 36.4 Å². The molecule has 0 bridgehead atoms. The third-order valence-electron chi connectivity index (χ3n) is 5.81. The Kier molecular flexibility index (Phi) is 6.70. The summed E-state index contributed by atoms with van der Waals surface area (Å²) in [7, 11) is 1.49. The van der Waals surface area contributed by atoms with Gasteiger partial charge in [-0.3, -0.25) is 9.59 Å². The Labute approximate surface area is 200 Å². The number of carbonyl (C=O) groups excluding carboxylic acids is 2. The Morgan fingerprint density at radius 1 is 1.23 bits per heavy atom. The van der Waals surface area contributed by atoms with Gasteiger partial charge in [0.25, 0.3) is 11.8 Å². The fourth-order valence-electron chi connectivity index (χ4n) is 4.05. The monoisotopic (exact) mass is 485 g/mol.